The predicted molar refractivity (Wildman–Crippen MR) is 252 cm³/mol. The van der Waals surface area contributed by atoms with E-state index in [0.717, 1.165) is 64.2 Å². The lowest BCUT2D eigenvalue weighted by atomic mass is 10.1. The Balaban J connectivity index is 4.31. The molecule has 0 aromatic carbocycles. The van der Waals surface area contributed by atoms with Gasteiger partial charge < -0.3 is 14.2 Å². The van der Waals surface area contributed by atoms with Crippen LogP contribution in [-0.4, -0.2) is 37.2 Å². The van der Waals surface area contributed by atoms with Gasteiger partial charge in [0.15, 0.2) is 6.10 Å². The zero-order valence-corrected chi connectivity index (χ0v) is 39.5. The summed E-state index contributed by atoms with van der Waals surface area (Å²) in [6, 6.07) is 0. The molecule has 0 aliphatic heterocycles. The standard InChI is InChI=1S/C53H98O6/c1-4-7-10-13-16-19-21-23-25-26-28-29-31-34-37-40-43-46-52(55)58-49-50(48-57-51(54)45-42-39-36-33-18-15-12-9-6-3)59-53(56)47-44-41-38-35-32-30-27-24-22-20-17-14-11-8-5-2/h23-25,27,50H,4-22,26,28-49H2,1-3H3/b25-23-,27-24-/t50-/m1/s1. The Morgan fingerprint density at radius 3 is 0.847 bits per heavy atom. The molecule has 0 unspecified atom stereocenters. The van der Waals surface area contributed by atoms with E-state index in [1.54, 1.807) is 0 Å². The Bertz CT molecular complexity index is 958. The van der Waals surface area contributed by atoms with Gasteiger partial charge in [-0.1, -0.05) is 212 Å². The summed E-state index contributed by atoms with van der Waals surface area (Å²) in [5.41, 5.74) is 0. The maximum Gasteiger partial charge on any atom is 0.306 e. The van der Waals surface area contributed by atoms with Crippen molar-refractivity contribution in [1.82, 2.24) is 0 Å². The van der Waals surface area contributed by atoms with Gasteiger partial charge in [-0.3, -0.25) is 14.4 Å². The first-order valence-corrected chi connectivity index (χ1v) is 25.8. The Labute approximate surface area is 366 Å². The average Bonchev–Trinajstić information content (AvgIpc) is 3.23. The van der Waals surface area contributed by atoms with Gasteiger partial charge in [0.25, 0.3) is 0 Å². The van der Waals surface area contributed by atoms with Crippen LogP contribution in [0.3, 0.4) is 0 Å². The van der Waals surface area contributed by atoms with Crippen LogP contribution >= 0.6 is 0 Å². The van der Waals surface area contributed by atoms with Crippen LogP contribution < -0.4 is 0 Å². The van der Waals surface area contributed by atoms with Gasteiger partial charge in [-0.05, 0) is 70.6 Å². The molecule has 6 nitrogen and oxygen atoms in total. The summed E-state index contributed by atoms with van der Waals surface area (Å²) in [5.74, 6) is -0.877. The molecule has 346 valence electrons. The molecule has 0 fully saturated rings. The summed E-state index contributed by atoms with van der Waals surface area (Å²) in [6.45, 7) is 6.62. The van der Waals surface area contributed by atoms with E-state index in [0.29, 0.717) is 19.3 Å². The Morgan fingerprint density at radius 1 is 0.322 bits per heavy atom. The van der Waals surface area contributed by atoms with Gasteiger partial charge in [0, 0.05) is 19.3 Å². The number of unbranched alkanes of at least 4 members (excludes halogenated alkanes) is 32. The first-order chi connectivity index (χ1) is 29.0. The molecule has 0 bridgehead atoms. The van der Waals surface area contributed by atoms with Crippen molar-refractivity contribution in [3.05, 3.63) is 24.3 Å². The van der Waals surface area contributed by atoms with E-state index < -0.39 is 6.10 Å². The van der Waals surface area contributed by atoms with Crippen LogP contribution in [0.1, 0.15) is 278 Å². The van der Waals surface area contributed by atoms with Crippen LogP contribution in [0.4, 0.5) is 0 Å². The lowest BCUT2D eigenvalue weighted by molar-refractivity contribution is -0.167. The zero-order valence-electron chi connectivity index (χ0n) is 39.5. The summed E-state index contributed by atoms with van der Waals surface area (Å²) in [4.78, 5) is 37.9. The average molecular weight is 831 g/mol. The SMILES string of the molecule is CCCCCCCC/C=C\CCCCCCCCCC(=O)OC[C@@H](COC(=O)CCCCCCCCCCC)OC(=O)CCCCCCC/C=C\CCCCCCCC. The summed E-state index contributed by atoms with van der Waals surface area (Å²) < 4.78 is 16.8. The Kier molecular flexibility index (Phi) is 46.8. The van der Waals surface area contributed by atoms with Crippen LogP contribution in [0.5, 0.6) is 0 Å². The molecule has 0 aliphatic rings. The van der Waals surface area contributed by atoms with Crippen LogP contribution in [0.15, 0.2) is 24.3 Å². The van der Waals surface area contributed by atoms with E-state index in [1.807, 2.05) is 0 Å². The third-order valence-corrected chi connectivity index (χ3v) is 11.4. The fourth-order valence-electron chi connectivity index (χ4n) is 7.49. The normalized spacial score (nSPS) is 12.1. The molecule has 0 rings (SSSR count). The number of carbonyl (C=O) groups is 3. The van der Waals surface area contributed by atoms with E-state index >= 15 is 0 Å². The molecule has 0 saturated carbocycles. The third kappa shape index (κ3) is 46.8. The van der Waals surface area contributed by atoms with Crippen LogP contribution in [0.25, 0.3) is 0 Å². The van der Waals surface area contributed by atoms with E-state index in [4.69, 9.17) is 14.2 Å². The summed E-state index contributed by atoms with van der Waals surface area (Å²) in [6.07, 6.45) is 54.5. The van der Waals surface area contributed by atoms with Crippen molar-refractivity contribution in [2.24, 2.45) is 0 Å². The number of ether oxygens (including phenoxy) is 3. The number of esters is 3. The van der Waals surface area contributed by atoms with Crippen molar-refractivity contribution in [1.29, 1.82) is 0 Å². The second-order valence-corrected chi connectivity index (χ2v) is 17.4. The first-order valence-electron chi connectivity index (χ1n) is 25.8. The molecule has 0 radical (unpaired) electrons. The second-order valence-electron chi connectivity index (χ2n) is 17.4. The zero-order chi connectivity index (χ0) is 43.0. The minimum Gasteiger partial charge on any atom is -0.462 e. The second kappa shape index (κ2) is 48.6. The minimum atomic E-state index is -0.771. The third-order valence-electron chi connectivity index (χ3n) is 11.4. The largest absolute Gasteiger partial charge is 0.462 e. The van der Waals surface area contributed by atoms with Crippen LogP contribution in [0, 0.1) is 0 Å². The highest BCUT2D eigenvalue weighted by Crippen LogP contribution is 2.15. The molecule has 59 heavy (non-hydrogen) atoms. The molecule has 0 amide bonds. The van der Waals surface area contributed by atoms with Crippen molar-refractivity contribution < 1.29 is 28.6 Å². The minimum absolute atomic E-state index is 0.0728. The smallest absolute Gasteiger partial charge is 0.306 e. The topological polar surface area (TPSA) is 78.9 Å². The van der Waals surface area contributed by atoms with Gasteiger partial charge in [0.05, 0.1) is 0 Å². The predicted octanol–water partition coefficient (Wildman–Crippen LogP) is 16.8. The molecule has 0 aromatic rings. The highest BCUT2D eigenvalue weighted by molar-refractivity contribution is 5.71. The molecule has 0 aromatic heterocycles. The summed E-state index contributed by atoms with van der Waals surface area (Å²) >= 11 is 0. The van der Waals surface area contributed by atoms with Gasteiger partial charge in [-0.25, -0.2) is 0 Å². The van der Waals surface area contributed by atoms with Gasteiger partial charge >= 0.3 is 17.9 Å². The van der Waals surface area contributed by atoms with Crippen LogP contribution in [-0.2, 0) is 28.6 Å². The fourth-order valence-corrected chi connectivity index (χ4v) is 7.49. The molecule has 6 heteroatoms. The maximum atomic E-state index is 12.8. The quantitative estimate of drug-likeness (QED) is 0.0263. The Morgan fingerprint density at radius 2 is 0.559 bits per heavy atom. The van der Waals surface area contributed by atoms with Gasteiger partial charge in [0.2, 0.25) is 0 Å². The highest BCUT2D eigenvalue weighted by atomic mass is 16.6. The van der Waals surface area contributed by atoms with Crippen molar-refractivity contribution in [2.45, 2.75) is 284 Å². The lowest BCUT2D eigenvalue weighted by Gasteiger charge is -2.18. The molecule has 1 atom stereocenters. The van der Waals surface area contributed by atoms with Gasteiger partial charge in [-0.2, -0.15) is 0 Å². The molecule has 0 heterocycles. The molecule has 0 aliphatic carbocycles. The molecule has 0 saturated heterocycles. The van der Waals surface area contributed by atoms with Gasteiger partial charge in [-0.15, -0.1) is 0 Å². The van der Waals surface area contributed by atoms with Crippen molar-refractivity contribution in [3.63, 3.8) is 0 Å². The number of hydrogen-bond acceptors (Lipinski definition) is 6. The highest BCUT2D eigenvalue weighted by Gasteiger charge is 2.19. The van der Waals surface area contributed by atoms with Crippen molar-refractivity contribution in [2.75, 3.05) is 13.2 Å². The van der Waals surface area contributed by atoms with E-state index in [1.165, 1.54) is 173 Å². The molecular weight excluding hydrogens is 733 g/mol. The monoisotopic (exact) mass is 831 g/mol. The number of rotatable bonds is 47. The maximum absolute atomic E-state index is 12.8. The van der Waals surface area contributed by atoms with Crippen molar-refractivity contribution in [3.8, 4) is 0 Å². The fraction of sp³-hybridized carbons (Fsp3) is 0.868. The van der Waals surface area contributed by atoms with Crippen molar-refractivity contribution >= 4 is 17.9 Å². The lowest BCUT2D eigenvalue weighted by Crippen LogP contribution is -2.30. The van der Waals surface area contributed by atoms with E-state index in [-0.39, 0.29) is 31.1 Å². The first kappa shape index (κ1) is 56.9. The van der Waals surface area contributed by atoms with Crippen LogP contribution in [0.2, 0.25) is 0 Å². The summed E-state index contributed by atoms with van der Waals surface area (Å²) in [5, 5.41) is 0. The van der Waals surface area contributed by atoms with Gasteiger partial charge in [0.1, 0.15) is 13.2 Å². The Hall–Kier alpha value is -2.11. The summed E-state index contributed by atoms with van der Waals surface area (Å²) in [7, 11) is 0. The molecular formula is C53H98O6. The number of allylic oxidation sites excluding steroid dienone is 4. The number of hydrogen-bond donors (Lipinski definition) is 0. The molecule has 0 N–H and O–H groups in total. The number of carbonyl (C=O) groups excluding carboxylic acids is 3. The molecule has 0 spiro atoms. The van der Waals surface area contributed by atoms with E-state index in [2.05, 4.69) is 45.1 Å². The van der Waals surface area contributed by atoms with E-state index in [9.17, 15) is 14.4 Å².